The highest BCUT2D eigenvalue weighted by atomic mass is 19.4. The number of anilines is 2. The Morgan fingerprint density at radius 2 is 0.654 bits per heavy atom. The topological polar surface area (TPSA) is 174 Å². The molecule has 1 aliphatic rings. The number of hydrogen-bond acceptors (Lipinski definition) is 12. The monoisotopic (exact) mass is 1110 g/mol. The lowest BCUT2D eigenvalue weighted by Crippen LogP contribution is -2.55. The van der Waals surface area contributed by atoms with E-state index in [1.165, 1.54) is 174 Å². The summed E-state index contributed by atoms with van der Waals surface area (Å²) in [6.07, 6.45) is 14.1. The van der Waals surface area contributed by atoms with E-state index in [1.807, 2.05) is 0 Å². The second-order valence-corrected chi connectivity index (χ2v) is 19.2. The van der Waals surface area contributed by atoms with E-state index in [0.29, 0.717) is 45.9 Å². The van der Waals surface area contributed by atoms with Crippen molar-refractivity contribution in [3.63, 3.8) is 0 Å². The van der Waals surface area contributed by atoms with Crippen LogP contribution in [-0.2, 0) is 0 Å². The van der Waals surface area contributed by atoms with Gasteiger partial charge >= 0.3 is 36.1 Å². The van der Waals surface area contributed by atoms with Gasteiger partial charge in [-0.1, -0.05) is 104 Å². The van der Waals surface area contributed by atoms with Crippen LogP contribution in [0.25, 0.3) is 0 Å². The molecule has 1 radical (unpaired) electrons. The second kappa shape index (κ2) is 30.6. The van der Waals surface area contributed by atoms with Gasteiger partial charge in [0.05, 0.1) is 46.8 Å². The Balaban J connectivity index is 0.859. The van der Waals surface area contributed by atoms with Crippen LogP contribution in [-0.4, -0.2) is 55.1 Å². The molecule has 0 saturated carbocycles. The quantitative estimate of drug-likeness (QED) is 0.0238. The number of amidine groups is 1. The summed E-state index contributed by atoms with van der Waals surface area (Å²) in [5.41, 5.74) is 4.04. The number of rotatable bonds is 30. The number of ether oxygens (including phenoxy) is 6. The van der Waals surface area contributed by atoms with Crippen LogP contribution in [0, 0.1) is 0 Å². The number of unbranched alkanes of at least 4 members (excludes halogenated alkanes) is 14. The number of alkyl halides is 3. The van der Waals surface area contributed by atoms with Gasteiger partial charge in [0.15, 0.2) is 0 Å². The molecule has 1 aliphatic heterocycles. The number of urea groups is 1. The Hall–Kier alpha value is -8.67. The molecule has 81 heavy (non-hydrogen) atoms. The number of amides is 2. The molecule has 2 amide bonds. The lowest BCUT2D eigenvalue weighted by Gasteiger charge is -2.32. The first kappa shape index (κ1) is 60.0. The average molecular weight is 1110 g/mol. The van der Waals surface area contributed by atoms with E-state index in [-0.39, 0.29) is 45.5 Å². The smallest absolute Gasteiger partial charge is 0.455 e. The van der Waals surface area contributed by atoms with Crippen molar-refractivity contribution >= 4 is 47.1 Å². The van der Waals surface area contributed by atoms with Crippen molar-refractivity contribution in [3.8, 4) is 34.5 Å². The summed E-state index contributed by atoms with van der Waals surface area (Å²) in [5, 5.41) is 4.44. The molecule has 0 saturated heterocycles. The van der Waals surface area contributed by atoms with Gasteiger partial charge in [0.25, 0.3) is 5.84 Å². The molecule has 6 aromatic carbocycles. The number of carbonyl (C=O) groups is 5. The minimum absolute atomic E-state index is 0.00742. The lowest BCUT2D eigenvalue weighted by molar-refractivity contribution is -0.0625. The molecule has 1 heterocycles. The minimum Gasteiger partial charge on any atom is -0.494 e. The average Bonchev–Trinajstić information content (AvgIpc) is 3.61. The molecule has 0 spiro atoms. The Kier molecular flexibility index (Phi) is 22.7. The number of nitrogens with zero attached hydrogens (tertiary/aromatic N) is 4. The van der Waals surface area contributed by atoms with Crippen molar-refractivity contribution in [2.45, 2.75) is 123 Å². The van der Waals surface area contributed by atoms with Crippen LogP contribution < -0.4 is 43.9 Å². The number of benzene rings is 6. The molecule has 6 aromatic rings. The number of hydrazone groups is 1. The molecule has 15 nitrogen and oxygen atoms in total. The predicted molar refractivity (Wildman–Crippen MR) is 301 cm³/mol. The standard InChI is InChI=1S/C63H66F3N4O11/c1-3-5-7-9-11-13-15-17-43-76-51-31-19-45(20-32-51)57(71)78-53-35-23-47(24-36-53)59(73)80-55-39-27-49(28-40-55)69-62(75)70(68-61(67-69)63(64,65)66)50-29-41-56(42-30-50)81-60(74)48-25-37-54(38-26-48)79-58(72)46-21-33-52(34-22-46)77-44-18-16-14-12-10-8-6-4-2/h19-42H,3-18,43-44H2,1-2H3. The number of hydrogen-bond donors (Lipinski definition) is 0. The summed E-state index contributed by atoms with van der Waals surface area (Å²) in [5.74, 6) is -2.81. The second-order valence-electron chi connectivity index (χ2n) is 19.2. The normalized spacial score (nSPS) is 12.3. The van der Waals surface area contributed by atoms with Crippen LogP contribution in [0.3, 0.4) is 0 Å². The van der Waals surface area contributed by atoms with Gasteiger partial charge in [-0.25, -0.2) is 24.0 Å². The molecule has 18 heteroatoms. The van der Waals surface area contributed by atoms with E-state index in [9.17, 15) is 37.1 Å². The summed E-state index contributed by atoms with van der Waals surface area (Å²) >= 11 is 0. The first-order valence-electron chi connectivity index (χ1n) is 27.5. The summed E-state index contributed by atoms with van der Waals surface area (Å²) < 4.78 is 76.0. The van der Waals surface area contributed by atoms with E-state index in [0.717, 1.165) is 25.7 Å². The highest BCUT2D eigenvalue weighted by molar-refractivity contribution is 6.10. The van der Waals surface area contributed by atoms with Crippen molar-refractivity contribution in [1.82, 2.24) is 5.43 Å². The largest absolute Gasteiger partial charge is 0.494 e. The third-order valence-corrected chi connectivity index (χ3v) is 12.9. The highest BCUT2D eigenvalue weighted by Gasteiger charge is 2.45. The van der Waals surface area contributed by atoms with E-state index in [1.54, 1.807) is 48.5 Å². The maximum atomic E-state index is 14.2. The van der Waals surface area contributed by atoms with Gasteiger partial charge in [-0.05, 0) is 158 Å². The first-order valence-corrected chi connectivity index (χ1v) is 27.5. The third kappa shape index (κ3) is 18.7. The fraction of sp³-hybridized carbons (Fsp3) is 0.333. The van der Waals surface area contributed by atoms with Gasteiger partial charge < -0.3 is 28.4 Å². The van der Waals surface area contributed by atoms with Crippen LogP contribution in [0.1, 0.15) is 158 Å². The van der Waals surface area contributed by atoms with Crippen molar-refractivity contribution < 1.29 is 65.6 Å². The molecule has 0 fully saturated rings. The molecule has 0 unspecified atom stereocenters. The van der Waals surface area contributed by atoms with Crippen LogP contribution in [0.5, 0.6) is 34.5 Å². The highest BCUT2D eigenvalue weighted by Crippen LogP contribution is 2.31. The fourth-order valence-corrected chi connectivity index (χ4v) is 8.35. The van der Waals surface area contributed by atoms with E-state index in [2.05, 4.69) is 24.4 Å². The molecule has 0 aliphatic carbocycles. The van der Waals surface area contributed by atoms with Crippen molar-refractivity contribution in [2.75, 3.05) is 23.2 Å². The Morgan fingerprint density at radius 3 is 0.963 bits per heavy atom. The zero-order valence-electron chi connectivity index (χ0n) is 45.5. The molecular weight excluding hydrogens is 1050 g/mol. The molecule has 0 aromatic heterocycles. The summed E-state index contributed by atoms with van der Waals surface area (Å²) in [6, 6.07) is 33.4. The summed E-state index contributed by atoms with van der Waals surface area (Å²) in [4.78, 5) is 65.5. The van der Waals surface area contributed by atoms with Gasteiger partial charge in [0.2, 0.25) is 0 Å². The minimum atomic E-state index is -5.08. The van der Waals surface area contributed by atoms with Crippen molar-refractivity contribution in [2.24, 2.45) is 5.10 Å². The Bertz CT molecular complexity index is 3010. The number of halogens is 3. The van der Waals surface area contributed by atoms with Crippen molar-refractivity contribution in [3.05, 3.63) is 168 Å². The Morgan fingerprint density at radius 1 is 0.383 bits per heavy atom. The molecule has 0 N–H and O–H groups in total. The third-order valence-electron chi connectivity index (χ3n) is 12.9. The fourth-order valence-electron chi connectivity index (χ4n) is 8.35. The maximum absolute atomic E-state index is 14.2. The predicted octanol–water partition coefficient (Wildman–Crippen LogP) is 15.4. The first-order chi connectivity index (χ1) is 39.3. The van der Waals surface area contributed by atoms with E-state index in [4.69, 9.17) is 28.4 Å². The molecular formula is C63H66F3N4O11. The van der Waals surface area contributed by atoms with Gasteiger partial charge in [0, 0.05) is 0 Å². The molecule has 0 atom stereocenters. The Labute approximate surface area is 469 Å². The van der Waals surface area contributed by atoms with E-state index < -0.39 is 41.9 Å². The zero-order valence-corrected chi connectivity index (χ0v) is 45.5. The zero-order chi connectivity index (χ0) is 57.4. The number of esters is 4. The summed E-state index contributed by atoms with van der Waals surface area (Å²) in [7, 11) is 0. The molecule has 7 rings (SSSR count). The molecule has 425 valence electrons. The SMILES string of the molecule is CCCCCCCCCCOc1ccc(C(=O)Oc2ccc(C(=O)Oc3ccc(N4[N]C(C(F)(F)F)=NN(c5ccc(OC(=O)c6ccc(OC(=O)c7ccc(OCCCCCCCCCC)cc7)cc6)cc5)C4=O)cc3)cc2)cc1. The van der Waals surface area contributed by atoms with Gasteiger partial charge in [0.1, 0.15) is 34.5 Å². The maximum Gasteiger partial charge on any atom is 0.455 e. The lowest BCUT2D eigenvalue weighted by atomic mass is 10.1. The number of carbonyl (C=O) groups excluding carboxylic acids is 5. The van der Waals surface area contributed by atoms with Gasteiger partial charge in [-0.3, -0.25) is 0 Å². The summed E-state index contributed by atoms with van der Waals surface area (Å²) in [6.45, 7) is 5.60. The van der Waals surface area contributed by atoms with Gasteiger partial charge in [-0.15, -0.1) is 10.5 Å². The van der Waals surface area contributed by atoms with Crippen LogP contribution in [0.4, 0.5) is 29.3 Å². The van der Waals surface area contributed by atoms with Crippen molar-refractivity contribution in [1.29, 1.82) is 0 Å². The van der Waals surface area contributed by atoms with E-state index >= 15 is 0 Å². The molecule has 0 bridgehead atoms. The van der Waals surface area contributed by atoms with Crippen LogP contribution >= 0.6 is 0 Å². The van der Waals surface area contributed by atoms with Gasteiger partial charge in [-0.2, -0.15) is 23.2 Å². The van der Waals surface area contributed by atoms with Crippen LogP contribution in [0.15, 0.2) is 151 Å². The van der Waals surface area contributed by atoms with Crippen LogP contribution in [0.2, 0.25) is 0 Å².